The number of benzene rings is 2. The van der Waals surface area contributed by atoms with Gasteiger partial charge in [-0.15, -0.1) is 10.2 Å². The summed E-state index contributed by atoms with van der Waals surface area (Å²) in [7, 11) is 0. The van der Waals surface area contributed by atoms with Crippen molar-refractivity contribution in [1.29, 1.82) is 0 Å². The fourth-order valence-corrected chi connectivity index (χ4v) is 3.22. The summed E-state index contributed by atoms with van der Waals surface area (Å²) < 4.78 is 5.78. The second-order valence-electron chi connectivity index (χ2n) is 6.30. The van der Waals surface area contributed by atoms with Gasteiger partial charge in [0.2, 0.25) is 5.13 Å². The lowest BCUT2D eigenvalue weighted by atomic mass is 10.1. The molecule has 0 radical (unpaired) electrons. The molecule has 6 heteroatoms. The molecule has 0 aliphatic heterocycles. The summed E-state index contributed by atoms with van der Waals surface area (Å²) in [4.78, 5) is 12.4. The molecule has 0 spiro atoms. The summed E-state index contributed by atoms with van der Waals surface area (Å²) >= 11 is 1.34. The zero-order valence-corrected chi connectivity index (χ0v) is 16.1. The molecule has 1 aromatic heterocycles. The van der Waals surface area contributed by atoms with Gasteiger partial charge in [0.05, 0.1) is 0 Å². The minimum atomic E-state index is -0.636. The van der Waals surface area contributed by atoms with E-state index in [0.29, 0.717) is 10.9 Å². The molecule has 1 amide bonds. The maximum atomic E-state index is 12.4. The van der Waals surface area contributed by atoms with Gasteiger partial charge in [-0.25, -0.2) is 0 Å². The van der Waals surface area contributed by atoms with Crippen molar-refractivity contribution < 1.29 is 9.53 Å². The first-order valence-electron chi connectivity index (χ1n) is 8.37. The van der Waals surface area contributed by atoms with Crippen LogP contribution in [-0.4, -0.2) is 22.2 Å². The highest BCUT2D eigenvalue weighted by atomic mass is 32.1. The second-order valence-corrected chi connectivity index (χ2v) is 7.27. The van der Waals surface area contributed by atoms with Crippen molar-refractivity contribution in [3.05, 3.63) is 59.2 Å². The van der Waals surface area contributed by atoms with Gasteiger partial charge < -0.3 is 4.74 Å². The van der Waals surface area contributed by atoms with Crippen LogP contribution in [0.3, 0.4) is 0 Å². The SMILES string of the molecule is Cc1ccc(-c2nnc(NC(=O)C(C)Oc3ccc(C)cc3C)s2)cc1. The highest BCUT2D eigenvalue weighted by molar-refractivity contribution is 7.18. The quantitative estimate of drug-likeness (QED) is 0.719. The van der Waals surface area contributed by atoms with Crippen LogP contribution in [0.25, 0.3) is 10.6 Å². The number of rotatable bonds is 5. The Balaban J connectivity index is 1.65. The molecule has 3 rings (SSSR count). The van der Waals surface area contributed by atoms with Gasteiger partial charge in [0.15, 0.2) is 6.10 Å². The summed E-state index contributed by atoms with van der Waals surface area (Å²) in [6, 6.07) is 13.9. The number of hydrogen-bond acceptors (Lipinski definition) is 5. The van der Waals surface area contributed by atoms with E-state index in [1.54, 1.807) is 6.92 Å². The van der Waals surface area contributed by atoms with Crippen LogP contribution in [0.1, 0.15) is 23.6 Å². The third-order valence-electron chi connectivity index (χ3n) is 3.96. The molecule has 1 atom stereocenters. The largest absolute Gasteiger partial charge is 0.481 e. The van der Waals surface area contributed by atoms with Crippen LogP contribution in [0.15, 0.2) is 42.5 Å². The Hall–Kier alpha value is -2.73. The van der Waals surface area contributed by atoms with Crippen molar-refractivity contribution in [2.24, 2.45) is 0 Å². The van der Waals surface area contributed by atoms with E-state index in [2.05, 4.69) is 15.5 Å². The predicted octanol–water partition coefficient (Wildman–Crippen LogP) is 4.54. The molecular weight excluding hydrogens is 346 g/mol. The number of ether oxygens (including phenoxy) is 1. The first-order chi connectivity index (χ1) is 12.4. The maximum absolute atomic E-state index is 12.4. The van der Waals surface area contributed by atoms with Gasteiger partial charge in [-0.3, -0.25) is 10.1 Å². The van der Waals surface area contributed by atoms with Crippen LogP contribution < -0.4 is 10.1 Å². The number of aromatic nitrogens is 2. The van der Waals surface area contributed by atoms with Gasteiger partial charge in [0.25, 0.3) is 5.91 Å². The lowest BCUT2D eigenvalue weighted by Crippen LogP contribution is -2.30. The molecule has 1 heterocycles. The number of hydrogen-bond donors (Lipinski definition) is 1. The third kappa shape index (κ3) is 4.26. The molecular formula is C20H21N3O2S. The van der Waals surface area contributed by atoms with E-state index >= 15 is 0 Å². The Bertz CT molecular complexity index is 919. The molecule has 3 aromatic rings. The van der Waals surface area contributed by atoms with E-state index in [0.717, 1.165) is 21.7 Å². The van der Waals surface area contributed by atoms with Crippen LogP contribution in [0.2, 0.25) is 0 Å². The number of anilines is 1. The van der Waals surface area contributed by atoms with Gasteiger partial charge in [-0.05, 0) is 39.3 Å². The van der Waals surface area contributed by atoms with Gasteiger partial charge in [-0.1, -0.05) is 58.9 Å². The van der Waals surface area contributed by atoms with Crippen LogP contribution >= 0.6 is 11.3 Å². The van der Waals surface area contributed by atoms with E-state index in [1.165, 1.54) is 16.9 Å². The monoisotopic (exact) mass is 367 g/mol. The van der Waals surface area contributed by atoms with E-state index in [-0.39, 0.29) is 5.91 Å². The number of amides is 1. The molecule has 0 saturated carbocycles. The molecule has 134 valence electrons. The molecule has 0 saturated heterocycles. The van der Waals surface area contributed by atoms with Gasteiger partial charge >= 0.3 is 0 Å². The summed E-state index contributed by atoms with van der Waals surface area (Å²) in [6.07, 6.45) is -0.636. The van der Waals surface area contributed by atoms with E-state index in [1.807, 2.05) is 63.2 Å². The van der Waals surface area contributed by atoms with Gasteiger partial charge in [0.1, 0.15) is 10.8 Å². The Labute approximate surface area is 157 Å². The van der Waals surface area contributed by atoms with Crippen molar-refractivity contribution in [2.45, 2.75) is 33.8 Å². The van der Waals surface area contributed by atoms with Crippen LogP contribution in [0, 0.1) is 20.8 Å². The average Bonchev–Trinajstić information content (AvgIpc) is 3.06. The molecule has 5 nitrogen and oxygen atoms in total. The van der Waals surface area contributed by atoms with Crippen molar-refractivity contribution in [2.75, 3.05) is 5.32 Å². The highest BCUT2D eigenvalue weighted by Gasteiger charge is 2.18. The highest BCUT2D eigenvalue weighted by Crippen LogP contribution is 2.27. The fourth-order valence-electron chi connectivity index (χ4n) is 2.47. The van der Waals surface area contributed by atoms with Gasteiger partial charge in [-0.2, -0.15) is 0 Å². The first kappa shape index (κ1) is 18.1. The van der Waals surface area contributed by atoms with Crippen LogP contribution in [0.4, 0.5) is 5.13 Å². The van der Waals surface area contributed by atoms with E-state index < -0.39 is 6.10 Å². The van der Waals surface area contributed by atoms with Crippen molar-refractivity contribution >= 4 is 22.4 Å². The van der Waals surface area contributed by atoms with Crippen LogP contribution in [-0.2, 0) is 4.79 Å². The standard InChI is InChI=1S/C20H21N3O2S/c1-12-5-8-16(9-6-12)19-22-23-20(26-19)21-18(24)15(4)25-17-10-7-13(2)11-14(17)3/h5-11,15H,1-4H3,(H,21,23,24). The third-order valence-corrected chi connectivity index (χ3v) is 4.84. The van der Waals surface area contributed by atoms with E-state index in [4.69, 9.17) is 4.74 Å². The lowest BCUT2D eigenvalue weighted by molar-refractivity contribution is -0.122. The van der Waals surface area contributed by atoms with Gasteiger partial charge in [0, 0.05) is 5.56 Å². The molecule has 0 fully saturated rings. The van der Waals surface area contributed by atoms with Crippen LogP contribution in [0.5, 0.6) is 5.75 Å². The molecule has 2 aromatic carbocycles. The minimum Gasteiger partial charge on any atom is -0.481 e. The molecule has 1 unspecified atom stereocenters. The first-order valence-corrected chi connectivity index (χ1v) is 9.19. The fraction of sp³-hybridized carbons (Fsp3) is 0.250. The average molecular weight is 367 g/mol. The normalized spacial score (nSPS) is 11.8. The maximum Gasteiger partial charge on any atom is 0.266 e. The summed E-state index contributed by atoms with van der Waals surface area (Å²) in [5, 5.41) is 12.2. The number of carbonyl (C=O) groups is 1. The summed E-state index contributed by atoms with van der Waals surface area (Å²) in [6.45, 7) is 7.74. The van der Waals surface area contributed by atoms with Crippen molar-refractivity contribution in [1.82, 2.24) is 10.2 Å². The zero-order chi connectivity index (χ0) is 18.7. The predicted molar refractivity (Wildman–Crippen MR) is 105 cm³/mol. The van der Waals surface area contributed by atoms with Crippen molar-refractivity contribution in [3.8, 4) is 16.3 Å². The Morgan fingerprint density at radius 2 is 1.73 bits per heavy atom. The minimum absolute atomic E-state index is 0.253. The Morgan fingerprint density at radius 1 is 1.04 bits per heavy atom. The number of carbonyl (C=O) groups excluding carboxylic acids is 1. The molecule has 0 bridgehead atoms. The van der Waals surface area contributed by atoms with E-state index in [9.17, 15) is 4.79 Å². The lowest BCUT2D eigenvalue weighted by Gasteiger charge is -2.15. The zero-order valence-electron chi connectivity index (χ0n) is 15.2. The summed E-state index contributed by atoms with van der Waals surface area (Å²) in [5.74, 6) is 0.451. The number of nitrogens with zero attached hydrogens (tertiary/aromatic N) is 2. The van der Waals surface area contributed by atoms with Crippen molar-refractivity contribution in [3.63, 3.8) is 0 Å². The summed E-state index contributed by atoms with van der Waals surface area (Å²) in [5.41, 5.74) is 4.32. The molecule has 1 N–H and O–H groups in total. The Morgan fingerprint density at radius 3 is 2.42 bits per heavy atom. The smallest absolute Gasteiger partial charge is 0.266 e. The molecule has 0 aliphatic rings. The number of nitrogens with one attached hydrogen (secondary N) is 1. The number of aryl methyl sites for hydroxylation is 3. The Kier molecular flexibility index (Phi) is 5.32. The topological polar surface area (TPSA) is 64.1 Å². The molecule has 26 heavy (non-hydrogen) atoms. The second kappa shape index (κ2) is 7.66. The molecule has 0 aliphatic carbocycles.